The average molecular weight is 453 g/mol. The summed E-state index contributed by atoms with van der Waals surface area (Å²) < 4.78 is 5.58. The molecule has 4 N–H and O–H groups in total. The Hall–Kier alpha value is -3.39. The number of rotatable bonds is 7. The summed E-state index contributed by atoms with van der Waals surface area (Å²) in [6, 6.07) is 15.8. The molecule has 0 spiro atoms. The number of carbonyl (C=O) groups excluding carboxylic acids is 2. The number of carboxylic acid groups (broad SMARTS) is 1. The zero-order valence-corrected chi connectivity index (χ0v) is 18.4. The van der Waals surface area contributed by atoms with Crippen LogP contribution < -0.4 is 10.6 Å². The van der Waals surface area contributed by atoms with E-state index in [1.807, 2.05) is 36.4 Å². The normalized spacial score (nSPS) is 20.9. The van der Waals surface area contributed by atoms with E-state index in [4.69, 9.17) is 9.84 Å². The van der Waals surface area contributed by atoms with Gasteiger partial charge in [-0.15, -0.1) is 0 Å². The van der Waals surface area contributed by atoms with Crippen molar-refractivity contribution in [3.05, 3.63) is 59.7 Å². The Labute approximate surface area is 192 Å². The van der Waals surface area contributed by atoms with Crippen LogP contribution in [0.1, 0.15) is 43.2 Å². The van der Waals surface area contributed by atoms with Crippen LogP contribution in [0.15, 0.2) is 48.5 Å². The second kappa shape index (κ2) is 9.23. The highest BCUT2D eigenvalue weighted by Crippen LogP contribution is 2.44. The van der Waals surface area contributed by atoms with E-state index in [1.165, 1.54) is 0 Å². The van der Waals surface area contributed by atoms with Crippen molar-refractivity contribution < 1.29 is 29.3 Å². The molecule has 4 rings (SSSR count). The molecule has 2 aliphatic carbocycles. The number of fused-ring (bicyclic) bond motifs is 3. The molecule has 0 aliphatic heterocycles. The number of aliphatic hydroxyl groups is 1. The molecule has 2 aromatic carbocycles. The topological polar surface area (TPSA) is 125 Å². The van der Waals surface area contributed by atoms with Crippen LogP contribution in [0.3, 0.4) is 0 Å². The van der Waals surface area contributed by atoms with Gasteiger partial charge in [0.05, 0.1) is 12.5 Å². The van der Waals surface area contributed by atoms with Gasteiger partial charge in [-0.2, -0.15) is 0 Å². The van der Waals surface area contributed by atoms with Gasteiger partial charge >= 0.3 is 12.1 Å². The van der Waals surface area contributed by atoms with Gasteiger partial charge in [0.25, 0.3) is 0 Å². The molecule has 0 heterocycles. The molecule has 2 aliphatic rings. The molecule has 8 heteroatoms. The van der Waals surface area contributed by atoms with Crippen molar-refractivity contribution >= 4 is 18.0 Å². The minimum atomic E-state index is -2.05. The first-order chi connectivity index (χ1) is 15.8. The molecule has 174 valence electrons. The lowest BCUT2D eigenvalue weighted by molar-refractivity contribution is -0.156. The molecule has 0 radical (unpaired) electrons. The van der Waals surface area contributed by atoms with Crippen molar-refractivity contribution in [2.24, 2.45) is 5.92 Å². The van der Waals surface area contributed by atoms with Crippen LogP contribution in [-0.4, -0.2) is 53.0 Å². The Balaban J connectivity index is 1.34. The van der Waals surface area contributed by atoms with Gasteiger partial charge < -0.3 is 25.6 Å². The van der Waals surface area contributed by atoms with Gasteiger partial charge in [-0.25, -0.2) is 9.59 Å². The zero-order valence-electron chi connectivity index (χ0n) is 18.4. The fourth-order valence-corrected chi connectivity index (χ4v) is 4.70. The van der Waals surface area contributed by atoms with Gasteiger partial charge in [0, 0.05) is 12.0 Å². The Morgan fingerprint density at radius 2 is 1.64 bits per heavy atom. The van der Waals surface area contributed by atoms with Gasteiger partial charge in [0.1, 0.15) is 6.61 Å². The number of ether oxygens (including phenoxy) is 1. The standard InChI is InChI=1S/C25H28N2O6/c1-25(32,23(29)30)14-26-22(28)19-11-6-12-21(19)27-24(31)33-13-20-17-9-4-2-7-15(17)16-8-3-5-10-18(16)20/h2-5,7-10,19-21,32H,6,11-14H2,1H3,(H,26,28)(H,27,31)(H,29,30)/t19-,21+,25?/m0/s1. The second-order valence-corrected chi connectivity index (χ2v) is 8.91. The zero-order chi connectivity index (χ0) is 23.6. The Bertz CT molecular complexity index is 1020. The molecule has 1 saturated carbocycles. The van der Waals surface area contributed by atoms with E-state index in [2.05, 4.69) is 22.8 Å². The molecule has 2 aromatic rings. The van der Waals surface area contributed by atoms with E-state index < -0.39 is 42.1 Å². The Kier molecular flexibility index (Phi) is 6.37. The monoisotopic (exact) mass is 452 g/mol. The van der Waals surface area contributed by atoms with Crippen LogP contribution in [0.4, 0.5) is 4.79 Å². The molecule has 1 fully saturated rings. The molecular weight excluding hydrogens is 424 g/mol. The molecule has 0 aromatic heterocycles. The first kappa shape index (κ1) is 22.8. The summed E-state index contributed by atoms with van der Waals surface area (Å²) in [7, 11) is 0. The number of hydrogen-bond acceptors (Lipinski definition) is 5. The lowest BCUT2D eigenvalue weighted by Crippen LogP contribution is -2.50. The minimum Gasteiger partial charge on any atom is -0.479 e. The number of amides is 2. The van der Waals surface area contributed by atoms with Gasteiger partial charge in [-0.3, -0.25) is 4.79 Å². The van der Waals surface area contributed by atoms with E-state index in [1.54, 1.807) is 0 Å². The van der Waals surface area contributed by atoms with Crippen LogP contribution in [-0.2, 0) is 14.3 Å². The third-order valence-corrected chi connectivity index (χ3v) is 6.57. The maximum atomic E-state index is 12.6. The number of alkyl carbamates (subject to hydrolysis) is 1. The van der Waals surface area contributed by atoms with Gasteiger partial charge in [0.15, 0.2) is 5.60 Å². The summed E-state index contributed by atoms with van der Waals surface area (Å²) in [5.74, 6) is -2.36. The van der Waals surface area contributed by atoms with Gasteiger partial charge in [-0.05, 0) is 42.0 Å². The molecular formula is C25H28N2O6. The highest BCUT2D eigenvalue weighted by atomic mass is 16.5. The summed E-state index contributed by atoms with van der Waals surface area (Å²) in [4.78, 5) is 36.1. The van der Waals surface area contributed by atoms with E-state index in [-0.39, 0.29) is 12.5 Å². The van der Waals surface area contributed by atoms with Crippen molar-refractivity contribution in [3.63, 3.8) is 0 Å². The van der Waals surface area contributed by atoms with Crippen molar-refractivity contribution in [3.8, 4) is 11.1 Å². The predicted molar refractivity (Wildman–Crippen MR) is 121 cm³/mol. The summed E-state index contributed by atoms with van der Waals surface area (Å²) >= 11 is 0. The van der Waals surface area contributed by atoms with E-state index in [9.17, 15) is 19.5 Å². The van der Waals surface area contributed by atoms with Gasteiger partial charge in [-0.1, -0.05) is 55.0 Å². The molecule has 8 nitrogen and oxygen atoms in total. The number of carboxylic acids is 1. The molecule has 3 atom stereocenters. The molecule has 1 unspecified atom stereocenters. The Morgan fingerprint density at radius 1 is 1.03 bits per heavy atom. The minimum absolute atomic E-state index is 0.0518. The number of carbonyl (C=O) groups is 3. The SMILES string of the molecule is CC(O)(CNC(=O)[C@H]1CCC[C@H]1NC(=O)OCC1c2ccccc2-c2ccccc21)C(=O)O. The van der Waals surface area contributed by atoms with Crippen LogP contribution in [0.25, 0.3) is 11.1 Å². The average Bonchev–Trinajstić information content (AvgIpc) is 3.38. The maximum Gasteiger partial charge on any atom is 0.407 e. The maximum absolute atomic E-state index is 12.6. The largest absolute Gasteiger partial charge is 0.479 e. The quantitative estimate of drug-likeness (QED) is 0.512. The summed E-state index contributed by atoms with van der Waals surface area (Å²) in [5.41, 5.74) is 2.48. The molecule has 2 amide bonds. The van der Waals surface area contributed by atoms with Crippen molar-refractivity contribution in [1.82, 2.24) is 10.6 Å². The van der Waals surface area contributed by atoms with E-state index in [0.29, 0.717) is 12.8 Å². The van der Waals surface area contributed by atoms with E-state index in [0.717, 1.165) is 35.6 Å². The summed E-state index contributed by atoms with van der Waals surface area (Å²) in [6.07, 6.45) is 1.36. The summed E-state index contributed by atoms with van der Waals surface area (Å²) in [6.45, 7) is 0.900. The van der Waals surface area contributed by atoms with Crippen LogP contribution in [0.2, 0.25) is 0 Å². The van der Waals surface area contributed by atoms with Crippen LogP contribution in [0, 0.1) is 5.92 Å². The molecule has 0 bridgehead atoms. The Morgan fingerprint density at radius 3 is 2.24 bits per heavy atom. The van der Waals surface area contributed by atoms with Crippen LogP contribution >= 0.6 is 0 Å². The van der Waals surface area contributed by atoms with Crippen molar-refractivity contribution in [1.29, 1.82) is 0 Å². The fourth-order valence-electron chi connectivity index (χ4n) is 4.70. The molecule has 0 saturated heterocycles. The number of aliphatic carboxylic acids is 1. The first-order valence-corrected chi connectivity index (χ1v) is 11.1. The lowest BCUT2D eigenvalue weighted by atomic mass is 9.98. The van der Waals surface area contributed by atoms with Crippen LogP contribution in [0.5, 0.6) is 0 Å². The first-order valence-electron chi connectivity index (χ1n) is 11.1. The van der Waals surface area contributed by atoms with E-state index >= 15 is 0 Å². The lowest BCUT2D eigenvalue weighted by Gasteiger charge is -2.23. The number of nitrogens with one attached hydrogen (secondary N) is 2. The molecule has 33 heavy (non-hydrogen) atoms. The van der Waals surface area contributed by atoms with Crippen molar-refractivity contribution in [2.45, 2.75) is 43.7 Å². The number of hydrogen-bond donors (Lipinski definition) is 4. The fraction of sp³-hybridized carbons (Fsp3) is 0.400. The second-order valence-electron chi connectivity index (χ2n) is 8.91. The predicted octanol–water partition coefficient (Wildman–Crippen LogP) is 2.65. The highest BCUT2D eigenvalue weighted by molar-refractivity contribution is 5.83. The third-order valence-electron chi connectivity index (χ3n) is 6.57. The third kappa shape index (κ3) is 4.71. The number of benzene rings is 2. The highest BCUT2D eigenvalue weighted by Gasteiger charge is 2.37. The van der Waals surface area contributed by atoms with Gasteiger partial charge in [0.2, 0.25) is 5.91 Å². The smallest absolute Gasteiger partial charge is 0.407 e. The summed E-state index contributed by atoms with van der Waals surface area (Å²) in [5, 5.41) is 24.1. The van der Waals surface area contributed by atoms with Crippen molar-refractivity contribution in [2.75, 3.05) is 13.2 Å².